The van der Waals surface area contributed by atoms with Gasteiger partial charge in [0.2, 0.25) is 5.91 Å². The Kier molecular flexibility index (Phi) is 5.20. The highest BCUT2D eigenvalue weighted by molar-refractivity contribution is 5.93. The van der Waals surface area contributed by atoms with E-state index in [4.69, 9.17) is 0 Å². The van der Waals surface area contributed by atoms with Gasteiger partial charge in [0.25, 0.3) is 11.5 Å². The number of hydrogen-bond donors (Lipinski definition) is 1. The van der Waals surface area contributed by atoms with Crippen molar-refractivity contribution in [3.8, 4) is 0 Å². The molecule has 2 saturated heterocycles. The minimum absolute atomic E-state index is 0.0961. The maximum absolute atomic E-state index is 12.7. The normalized spacial score (nSPS) is 23.5. The smallest absolute Gasteiger partial charge is 0.263 e. The number of carbonyl (C=O) groups excluding carboxylic acids is 2. The van der Waals surface area contributed by atoms with Crippen molar-refractivity contribution < 1.29 is 9.59 Å². The number of carbonyl (C=O) groups is 2. The van der Waals surface area contributed by atoms with Gasteiger partial charge in [-0.2, -0.15) is 0 Å². The van der Waals surface area contributed by atoms with E-state index in [9.17, 15) is 14.4 Å². The number of aromatic amines is 1. The fraction of sp³-hybridized carbons (Fsp3) is 0.667. The first-order valence-corrected chi connectivity index (χ1v) is 9.16. The molecule has 2 atom stereocenters. The minimum Gasteiger partial charge on any atom is -0.339 e. The van der Waals surface area contributed by atoms with E-state index >= 15 is 0 Å². The number of nitrogens with one attached hydrogen (secondary N) is 1. The fourth-order valence-corrected chi connectivity index (χ4v) is 3.96. The lowest BCUT2D eigenvalue weighted by Crippen LogP contribution is -2.57. The second-order valence-electron chi connectivity index (χ2n) is 7.06. The SMILES string of the molecule is CCCCN1C(=O)CCC2CN(C(=O)c3cnc(C)[nH]c3=O)CCC21. The van der Waals surface area contributed by atoms with Gasteiger partial charge in [0, 0.05) is 38.3 Å². The Morgan fingerprint density at radius 2 is 2.16 bits per heavy atom. The van der Waals surface area contributed by atoms with Gasteiger partial charge in [0.1, 0.15) is 11.4 Å². The van der Waals surface area contributed by atoms with E-state index in [1.54, 1.807) is 11.8 Å². The van der Waals surface area contributed by atoms with Crippen molar-refractivity contribution in [1.82, 2.24) is 19.8 Å². The summed E-state index contributed by atoms with van der Waals surface area (Å²) in [6.45, 7) is 5.80. The third-order valence-electron chi connectivity index (χ3n) is 5.34. The zero-order valence-corrected chi connectivity index (χ0v) is 15.0. The number of rotatable bonds is 4. The number of piperidine rings is 2. The Morgan fingerprint density at radius 3 is 2.88 bits per heavy atom. The van der Waals surface area contributed by atoms with E-state index in [0.717, 1.165) is 32.2 Å². The van der Waals surface area contributed by atoms with Gasteiger partial charge in [-0.25, -0.2) is 4.98 Å². The Bertz CT molecular complexity index is 715. The molecule has 0 radical (unpaired) electrons. The average molecular weight is 346 g/mol. The van der Waals surface area contributed by atoms with Crippen LogP contribution in [-0.4, -0.2) is 57.3 Å². The minimum atomic E-state index is -0.386. The van der Waals surface area contributed by atoms with Gasteiger partial charge in [0.15, 0.2) is 0 Å². The molecule has 1 N–H and O–H groups in total. The maximum atomic E-state index is 12.7. The number of likely N-dealkylation sites (tertiary alicyclic amines) is 2. The van der Waals surface area contributed by atoms with Gasteiger partial charge in [-0.1, -0.05) is 13.3 Å². The van der Waals surface area contributed by atoms with E-state index in [0.29, 0.717) is 31.3 Å². The summed E-state index contributed by atoms with van der Waals surface area (Å²) in [7, 11) is 0. The molecule has 7 heteroatoms. The van der Waals surface area contributed by atoms with Crippen molar-refractivity contribution in [3.63, 3.8) is 0 Å². The van der Waals surface area contributed by atoms with E-state index in [-0.39, 0.29) is 29.0 Å². The molecule has 2 fully saturated rings. The molecule has 2 aliphatic rings. The number of nitrogens with zero attached hydrogens (tertiary/aromatic N) is 3. The first kappa shape index (κ1) is 17.6. The van der Waals surface area contributed by atoms with Crippen LogP contribution in [0.25, 0.3) is 0 Å². The second kappa shape index (κ2) is 7.37. The highest BCUT2D eigenvalue weighted by Gasteiger charge is 2.40. The van der Waals surface area contributed by atoms with Crippen LogP contribution in [0.4, 0.5) is 0 Å². The molecule has 2 amide bonds. The lowest BCUT2D eigenvalue weighted by atomic mass is 9.83. The Hall–Kier alpha value is -2.18. The lowest BCUT2D eigenvalue weighted by molar-refractivity contribution is -0.140. The number of amides is 2. The topological polar surface area (TPSA) is 86.4 Å². The summed E-state index contributed by atoms with van der Waals surface area (Å²) in [4.78, 5) is 47.4. The zero-order chi connectivity index (χ0) is 18.0. The molecule has 1 aromatic rings. The predicted octanol–water partition coefficient (Wildman–Crippen LogP) is 1.33. The molecule has 2 aliphatic heterocycles. The van der Waals surface area contributed by atoms with Crippen molar-refractivity contribution in [1.29, 1.82) is 0 Å². The van der Waals surface area contributed by atoms with Crippen molar-refractivity contribution in [3.05, 3.63) is 27.9 Å². The molecule has 7 nitrogen and oxygen atoms in total. The summed E-state index contributed by atoms with van der Waals surface area (Å²) < 4.78 is 0. The third kappa shape index (κ3) is 3.60. The Balaban J connectivity index is 1.71. The van der Waals surface area contributed by atoms with E-state index in [2.05, 4.69) is 16.9 Å². The molecule has 0 aromatic carbocycles. The van der Waals surface area contributed by atoms with Crippen LogP contribution >= 0.6 is 0 Å². The molecule has 2 unspecified atom stereocenters. The summed E-state index contributed by atoms with van der Waals surface area (Å²) >= 11 is 0. The van der Waals surface area contributed by atoms with Crippen molar-refractivity contribution in [2.75, 3.05) is 19.6 Å². The first-order chi connectivity index (χ1) is 12.0. The van der Waals surface area contributed by atoms with Crippen LogP contribution in [0.15, 0.2) is 11.0 Å². The highest BCUT2D eigenvalue weighted by Crippen LogP contribution is 2.31. The molecular formula is C18H26N4O3. The molecular weight excluding hydrogens is 320 g/mol. The fourth-order valence-electron chi connectivity index (χ4n) is 3.96. The molecule has 0 saturated carbocycles. The molecule has 0 aliphatic carbocycles. The van der Waals surface area contributed by atoms with Gasteiger partial charge in [-0.15, -0.1) is 0 Å². The molecule has 3 rings (SSSR count). The number of hydrogen-bond acceptors (Lipinski definition) is 4. The molecule has 25 heavy (non-hydrogen) atoms. The van der Waals surface area contributed by atoms with Crippen LogP contribution in [0.2, 0.25) is 0 Å². The zero-order valence-electron chi connectivity index (χ0n) is 15.0. The van der Waals surface area contributed by atoms with E-state index in [1.807, 2.05) is 4.90 Å². The summed E-state index contributed by atoms with van der Waals surface area (Å²) in [5.74, 6) is 0.778. The summed E-state index contributed by atoms with van der Waals surface area (Å²) in [6.07, 6.45) is 5.60. The van der Waals surface area contributed by atoms with Crippen LogP contribution in [0, 0.1) is 12.8 Å². The van der Waals surface area contributed by atoms with Crippen LogP contribution in [-0.2, 0) is 4.79 Å². The van der Waals surface area contributed by atoms with Gasteiger partial charge in [-0.3, -0.25) is 14.4 Å². The Labute approximate surface area is 147 Å². The van der Waals surface area contributed by atoms with E-state index in [1.165, 1.54) is 6.20 Å². The predicted molar refractivity (Wildman–Crippen MR) is 93.2 cm³/mol. The molecule has 1 aromatic heterocycles. The monoisotopic (exact) mass is 346 g/mol. The quantitative estimate of drug-likeness (QED) is 0.891. The van der Waals surface area contributed by atoms with Crippen LogP contribution in [0.5, 0.6) is 0 Å². The maximum Gasteiger partial charge on any atom is 0.263 e. The number of H-pyrrole nitrogens is 1. The molecule has 136 valence electrons. The summed E-state index contributed by atoms with van der Waals surface area (Å²) in [5.41, 5.74) is -0.290. The van der Waals surface area contributed by atoms with Gasteiger partial charge in [0.05, 0.1) is 0 Å². The van der Waals surface area contributed by atoms with Crippen molar-refractivity contribution in [2.24, 2.45) is 5.92 Å². The Morgan fingerprint density at radius 1 is 1.36 bits per heavy atom. The summed E-state index contributed by atoms with van der Waals surface area (Å²) in [5, 5.41) is 0. The van der Waals surface area contributed by atoms with Crippen molar-refractivity contribution in [2.45, 2.75) is 52.0 Å². The number of aryl methyl sites for hydroxylation is 1. The number of aromatic nitrogens is 2. The van der Waals surface area contributed by atoms with Crippen LogP contribution in [0.3, 0.4) is 0 Å². The largest absolute Gasteiger partial charge is 0.339 e. The lowest BCUT2D eigenvalue weighted by Gasteiger charge is -2.47. The average Bonchev–Trinajstić information content (AvgIpc) is 2.60. The number of fused-ring (bicyclic) bond motifs is 1. The second-order valence-corrected chi connectivity index (χ2v) is 7.06. The van der Waals surface area contributed by atoms with Gasteiger partial charge >= 0.3 is 0 Å². The number of unbranched alkanes of at least 4 members (excludes halogenated alkanes) is 1. The standard InChI is InChI=1S/C18H26N4O3/c1-3-4-8-22-15-7-9-21(11-13(15)5-6-16(22)23)18(25)14-10-19-12(2)20-17(14)24/h10,13,15H,3-9,11H2,1-2H3,(H,19,20,24). The van der Waals surface area contributed by atoms with Crippen LogP contribution in [0.1, 0.15) is 55.2 Å². The first-order valence-electron chi connectivity index (χ1n) is 9.16. The molecule has 0 spiro atoms. The highest BCUT2D eigenvalue weighted by atomic mass is 16.2. The molecule has 0 bridgehead atoms. The van der Waals surface area contributed by atoms with E-state index < -0.39 is 0 Å². The van der Waals surface area contributed by atoms with Crippen LogP contribution < -0.4 is 5.56 Å². The molecule has 3 heterocycles. The van der Waals surface area contributed by atoms with Crippen molar-refractivity contribution >= 4 is 11.8 Å². The summed E-state index contributed by atoms with van der Waals surface area (Å²) in [6, 6.07) is 0.228. The third-order valence-corrected chi connectivity index (χ3v) is 5.34. The van der Waals surface area contributed by atoms with Gasteiger partial charge in [-0.05, 0) is 32.1 Å². The van der Waals surface area contributed by atoms with Gasteiger partial charge < -0.3 is 14.8 Å².